The fourth-order valence-electron chi connectivity index (χ4n) is 3.08. The van der Waals surface area contributed by atoms with Crippen LogP contribution < -0.4 is 0 Å². The number of rotatable bonds is 1. The number of non-ortho nitro benzene ring substituents is 1. The molecule has 2 heterocycles. The number of benzene rings is 1. The third kappa shape index (κ3) is 2.07. The molecule has 1 aromatic heterocycles. The highest BCUT2D eigenvalue weighted by Crippen LogP contribution is 2.31. The number of aryl methyl sites for hydroxylation is 2. The molecule has 3 rings (SSSR count). The van der Waals surface area contributed by atoms with Crippen molar-refractivity contribution < 1.29 is 9.72 Å². The standard InChI is InChI=1S/C15H17N3O3/c1-16-8-4-3-5-11-12-9-10(18(20)21)6-7-13(12)17(2)14(11)15(16)19/h6-7,9H,3-5,8H2,1-2H3. The van der Waals surface area contributed by atoms with Crippen molar-refractivity contribution in [1.29, 1.82) is 0 Å². The Balaban J connectivity index is 2.30. The second-order valence-corrected chi connectivity index (χ2v) is 5.53. The monoisotopic (exact) mass is 287 g/mol. The van der Waals surface area contributed by atoms with Crippen molar-refractivity contribution in [3.8, 4) is 0 Å². The molecule has 110 valence electrons. The van der Waals surface area contributed by atoms with Crippen LogP contribution in [0.1, 0.15) is 28.9 Å². The Kier molecular flexibility index (Phi) is 3.16. The van der Waals surface area contributed by atoms with E-state index in [4.69, 9.17) is 0 Å². The smallest absolute Gasteiger partial charge is 0.270 e. The molecule has 6 heteroatoms. The maximum Gasteiger partial charge on any atom is 0.270 e. The molecule has 0 spiro atoms. The van der Waals surface area contributed by atoms with Crippen molar-refractivity contribution in [2.24, 2.45) is 7.05 Å². The topological polar surface area (TPSA) is 68.4 Å². The summed E-state index contributed by atoms with van der Waals surface area (Å²) in [6, 6.07) is 4.80. The predicted molar refractivity (Wildman–Crippen MR) is 79.5 cm³/mol. The van der Waals surface area contributed by atoms with Crippen molar-refractivity contribution in [2.75, 3.05) is 13.6 Å². The molecular weight excluding hydrogens is 270 g/mol. The molecule has 0 N–H and O–H groups in total. The van der Waals surface area contributed by atoms with Gasteiger partial charge >= 0.3 is 0 Å². The molecule has 0 fully saturated rings. The van der Waals surface area contributed by atoms with E-state index in [0.717, 1.165) is 42.3 Å². The molecule has 0 bridgehead atoms. The van der Waals surface area contributed by atoms with E-state index >= 15 is 0 Å². The molecule has 0 radical (unpaired) electrons. The highest BCUT2D eigenvalue weighted by atomic mass is 16.6. The number of hydrogen-bond donors (Lipinski definition) is 0. The van der Waals surface area contributed by atoms with Crippen molar-refractivity contribution in [3.63, 3.8) is 0 Å². The fourth-order valence-corrected chi connectivity index (χ4v) is 3.08. The van der Waals surface area contributed by atoms with Crippen molar-refractivity contribution in [1.82, 2.24) is 9.47 Å². The maximum atomic E-state index is 12.6. The van der Waals surface area contributed by atoms with Gasteiger partial charge in [0, 0.05) is 43.7 Å². The van der Waals surface area contributed by atoms with Crippen LogP contribution in [-0.4, -0.2) is 33.9 Å². The van der Waals surface area contributed by atoms with Gasteiger partial charge in [0.05, 0.1) is 4.92 Å². The molecule has 1 aromatic carbocycles. The molecule has 0 atom stereocenters. The van der Waals surface area contributed by atoms with Crippen LogP contribution in [0.4, 0.5) is 5.69 Å². The molecule has 0 aliphatic carbocycles. The average molecular weight is 287 g/mol. The Labute approximate surface area is 122 Å². The summed E-state index contributed by atoms with van der Waals surface area (Å²) >= 11 is 0. The van der Waals surface area contributed by atoms with Crippen LogP contribution in [0.5, 0.6) is 0 Å². The van der Waals surface area contributed by atoms with Crippen molar-refractivity contribution in [2.45, 2.75) is 19.3 Å². The van der Waals surface area contributed by atoms with E-state index in [9.17, 15) is 14.9 Å². The van der Waals surface area contributed by atoms with Gasteiger partial charge in [0.25, 0.3) is 11.6 Å². The van der Waals surface area contributed by atoms with E-state index in [1.807, 2.05) is 11.6 Å². The SMILES string of the molecule is CN1CCCCc2c(n(C)c3ccc([N+](=O)[O-])cc23)C1=O. The summed E-state index contributed by atoms with van der Waals surface area (Å²) in [4.78, 5) is 24.9. The third-order valence-electron chi connectivity index (χ3n) is 4.22. The zero-order chi connectivity index (χ0) is 15.1. The molecule has 0 saturated heterocycles. The van der Waals surface area contributed by atoms with Crippen LogP contribution in [0, 0.1) is 10.1 Å². The Morgan fingerprint density at radius 2 is 2.00 bits per heavy atom. The van der Waals surface area contributed by atoms with E-state index in [0.29, 0.717) is 5.69 Å². The van der Waals surface area contributed by atoms with Gasteiger partial charge in [-0.1, -0.05) is 0 Å². The van der Waals surface area contributed by atoms with Gasteiger partial charge in [-0.2, -0.15) is 0 Å². The summed E-state index contributed by atoms with van der Waals surface area (Å²) in [5.41, 5.74) is 2.54. The summed E-state index contributed by atoms with van der Waals surface area (Å²) in [5, 5.41) is 11.8. The number of carbonyl (C=O) groups excluding carboxylic acids is 1. The molecule has 0 saturated carbocycles. The number of hydrogen-bond acceptors (Lipinski definition) is 3. The quantitative estimate of drug-likeness (QED) is 0.597. The third-order valence-corrected chi connectivity index (χ3v) is 4.22. The number of nitro groups is 1. The molecule has 1 aliphatic rings. The van der Waals surface area contributed by atoms with Gasteiger partial charge < -0.3 is 9.47 Å². The molecule has 1 aliphatic heterocycles. The Morgan fingerprint density at radius 1 is 1.24 bits per heavy atom. The number of carbonyl (C=O) groups is 1. The van der Waals surface area contributed by atoms with Crippen LogP contribution in [0.3, 0.4) is 0 Å². The summed E-state index contributed by atoms with van der Waals surface area (Å²) in [5.74, 6) is -0.00828. The zero-order valence-corrected chi connectivity index (χ0v) is 12.1. The summed E-state index contributed by atoms with van der Waals surface area (Å²) in [6.07, 6.45) is 2.72. The highest BCUT2D eigenvalue weighted by Gasteiger charge is 2.26. The minimum absolute atomic E-state index is 0.00828. The maximum absolute atomic E-state index is 12.6. The van der Waals surface area contributed by atoms with Crippen LogP contribution in [-0.2, 0) is 13.5 Å². The van der Waals surface area contributed by atoms with Gasteiger partial charge in [-0.25, -0.2) is 0 Å². The first kappa shape index (κ1) is 13.6. The first-order valence-electron chi connectivity index (χ1n) is 7.02. The van der Waals surface area contributed by atoms with Gasteiger partial charge in [0.15, 0.2) is 0 Å². The van der Waals surface area contributed by atoms with Crippen LogP contribution >= 0.6 is 0 Å². The minimum atomic E-state index is -0.393. The van der Waals surface area contributed by atoms with E-state index in [2.05, 4.69) is 0 Å². The highest BCUT2D eigenvalue weighted by molar-refractivity contribution is 6.02. The van der Waals surface area contributed by atoms with Gasteiger partial charge in [-0.05, 0) is 30.9 Å². The lowest BCUT2D eigenvalue weighted by Crippen LogP contribution is -2.31. The normalized spacial score (nSPS) is 15.7. The second kappa shape index (κ2) is 4.87. The van der Waals surface area contributed by atoms with E-state index in [-0.39, 0.29) is 11.6 Å². The van der Waals surface area contributed by atoms with Crippen molar-refractivity contribution >= 4 is 22.5 Å². The Morgan fingerprint density at radius 3 is 2.71 bits per heavy atom. The second-order valence-electron chi connectivity index (χ2n) is 5.53. The van der Waals surface area contributed by atoms with Crippen LogP contribution in [0.15, 0.2) is 18.2 Å². The van der Waals surface area contributed by atoms with Gasteiger partial charge in [-0.3, -0.25) is 14.9 Å². The number of fused-ring (bicyclic) bond motifs is 3. The summed E-state index contributed by atoms with van der Waals surface area (Å²) in [6.45, 7) is 0.750. The Hall–Kier alpha value is -2.37. The molecular formula is C15H17N3O3. The van der Waals surface area contributed by atoms with Gasteiger partial charge in [0.1, 0.15) is 5.69 Å². The number of nitrogens with zero attached hydrogens (tertiary/aromatic N) is 3. The zero-order valence-electron chi connectivity index (χ0n) is 12.1. The molecule has 1 amide bonds. The first-order chi connectivity index (χ1) is 10.0. The Bertz CT molecular complexity index is 748. The van der Waals surface area contributed by atoms with E-state index < -0.39 is 4.92 Å². The number of aromatic nitrogens is 1. The predicted octanol–water partition coefficient (Wildman–Crippen LogP) is 2.49. The lowest BCUT2D eigenvalue weighted by atomic mass is 10.0. The van der Waals surface area contributed by atoms with Crippen LogP contribution in [0.25, 0.3) is 10.9 Å². The van der Waals surface area contributed by atoms with Crippen molar-refractivity contribution in [3.05, 3.63) is 39.6 Å². The number of nitro benzene ring substituents is 1. The van der Waals surface area contributed by atoms with Gasteiger partial charge in [0.2, 0.25) is 0 Å². The minimum Gasteiger partial charge on any atom is -0.340 e. The van der Waals surface area contributed by atoms with E-state index in [1.54, 1.807) is 24.1 Å². The lowest BCUT2D eigenvalue weighted by molar-refractivity contribution is -0.384. The average Bonchev–Trinajstić information content (AvgIpc) is 2.73. The molecule has 0 unspecified atom stereocenters. The largest absolute Gasteiger partial charge is 0.340 e. The summed E-state index contributed by atoms with van der Waals surface area (Å²) < 4.78 is 1.86. The molecule has 21 heavy (non-hydrogen) atoms. The van der Waals surface area contributed by atoms with E-state index in [1.165, 1.54) is 6.07 Å². The van der Waals surface area contributed by atoms with Gasteiger partial charge in [-0.15, -0.1) is 0 Å². The first-order valence-corrected chi connectivity index (χ1v) is 7.02. The fraction of sp³-hybridized carbons (Fsp3) is 0.400. The van der Waals surface area contributed by atoms with Crippen LogP contribution in [0.2, 0.25) is 0 Å². The lowest BCUT2D eigenvalue weighted by Gasteiger charge is -2.21. The number of amides is 1. The molecule has 6 nitrogen and oxygen atoms in total. The molecule has 2 aromatic rings. The summed E-state index contributed by atoms with van der Waals surface area (Å²) in [7, 11) is 3.65.